The van der Waals surface area contributed by atoms with Crippen LogP contribution in [0.3, 0.4) is 0 Å². The highest BCUT2D eigenvalue weighted by Gasteiger charge is 2.19. The molecule has 5 rings (SSSR count). The second kappa shape index (κ2) is 8.36. The minimum Gasteiger partial charge on any atom is -0.339 e. The first-order valence-corrected chi connectivity index (χ1v) is 11.8. The summed E-state index contributed by atoms with van der Waals surface area (Å²) in [5.41, 5.74) is 6.04. The van der Waals surface area contributed by atoms with Crippen LogP contribution in [0.1, 0.15) is 39.9 Å². The Bertz CT molecular complexity index is 1360. The predicted octanol–water partition coefficient (Wildman–Crippen LogP) is 5.03. The van der Waals surface area contributed by atoms with E-state index < -0.39 is 0 Å². The molecule has 1 aliphatic heterocycles. The first-order chi connectivity index (χ1) is 15.5. The van der Waals surface area contributed by atoms with Gasteiger partial charge in [0, 0.05) is 29.6 Å². The molecule has 0 aliphatic carbocycles. The molecule has 0 bridgehead atoms. The molecule has 6 heteroatoms. The van der Waals surface area contributed by atoms with E-state index in [2.05, 4.69) is 37.0 Å². The number of hydrogen-bond donors (Lipinski definition) is 0. The third-order valence-corrected chi connectivity index (χ3v) is 7.21. The van der Waals surface area contributed by atoms with Crippen LogP contribution in [0, 0.1) is 13.8 Å². The fraction of sp³-hybridized carbons (Fsp3) is 0.269. The summed E-state index contributed by atoms with van der Waals surface area (Å²) in [6.07, 6.45) is 3.78. The Morgan fingerprint density at radius 3 is 2.50 bits per heavy atom. The summed E-state index contributed by atoms with van der Waals surface area (Å²) in [5.74, 6) is 0.0885. The van der Waals surface area contributed by atoms with Gasteiger partial charge in [-0.25, -0.2) is 4.98 Å². The van der Waals surface area contributed by atoms with Crippen molar-refractivity contribution in [2.75, 3.05) is 13.1 Å². The smallest absolute Gasteiger partial charge is 0.263 e. The lowest BCUT2D eigenvalue weighted by atomic mass is 10.0. The van der Waals surface area contributed by atoms with E-state index in [1.54, 1.807) is 10.9 Å². The molecule has 0 radical (unpaired) electrons. The molecule has 0 atom stereocenters. The van der Waals surface area contributed by atoms with Crippen molar-refractivity contribution in [1.82, 2.24) is 14.5 Å². The van der Waals surface area contributed by atoms with E-state index in [1.807, 2.05) is 34.5 Å². The number of likely N-dealkylation sites (tertiary alicyclic amines) is 1. The van der Waals surface area contributed by atoms with Gasteiger partial charge in [-0.2, -0.15) is 0 Å². The Morgan fingerprint density at radius 2 is 1.78 bits per heavy atom. The van der Waals surface area contributed by atoms with E-state index in [0.717, 1.165) is 47.5 Å². The second-order valence-electron chi connectivity index (χ2n) is 8.50. The Hall–Kier alpha value is -3.25. The van der Waals surface area contributed by atoms with Crippen LogP contribution in [0.4, 0.5) is 0 Å². The van der Waals surface area contributed by atoms with E-state index >= 15 is 0 Å². The van der Waals surface area contributed by atoms with Crippen LogP contribution in [0.15, 0.2) is 59.0 Å². The fourth-order valence-electron chi connectivity index (χ4n) is 4.25. The van der Waals surface area contributed by atoms with Crippen LogP contribution in [0.25, 0.3) is 21.3 Å². The minimum atomic E-state index is -0.0401. The van der Waals surface area contributed by atoms with Crippen molar-refractivity contribution in [2.45, 2.75) is 33.2 Å². The first-order valence-electron chi connectivity index (χ1n) is 10.9. The van der Waals surface area contributed by atoms with Crippen LogP contribution in [-0.4, -0.2) is 33.4 Å². The first kappa shape index (κ1) is 20.6. The molecule has 4 aromatic rings. The summed E-state index contributed by atoms with van der Waals surface area (Å²) in [7, 11) is 0. The molecule has 0 unspecified atom stereocenters. The zero-order valence-corrected chi connectivity index (χ0v) is 19.1. The van der Waals surface area contributed by atoms with Crippen molar-refractivity contribution in [3.8, 4) is 11.1 Å². The van der Waals surface area contributed by atoms with E-state index in [9.17, 15) is 9.59 Å². The Labute approximate surface area is 191 Å². The van der Waals surface area contributed by atoms with Crippen molar-refractivity contribution in [3.63, 3.8) is 0 Å². The second-order valence-corrected chi connectivity index (χ2v) is 9.36. The van der Waals surface area contributed by atoms with Gasteiger partial charge in [0.15, 0.2) is 0 Å². The number of hydrogen-bond acceptors (Lipinski definition) is 4. The lowest BCUT2D eigenvalue weighted by molar-refractivity contribution is 0.0793. The number of carbonyl (C=O) groups is 1. The SMILES string of the molecule is Cc1ccc(-c2csc3ncn(Cc4ccc(C(=O)N5CCCC5)cc4)c(=O)c23)cc1C. The van der Waals surface area contributed by atoms with E-state index in [0.29, 0.717) is 17.5 Å². The molecule has 1 fully saturated rings. The Kier molecular flexibility index (Phi) is 5.39. The number of fused-ring (bicyclic) bond motifs is 1. The van der Waals surface area contributed by atoms with Crippen LogP contribution in [0.2, 0.25) is 0 Å². The Morgan fingerprint density at radius 1 is 1.03 bits per heavy atom. The van der Waals surface area contributed by atoms with E-state index in [4.69, 9.17) is 0 Å². The number of thiophene rings is 1. The highest BCUT2D eigenvalue weighted by Crippen LogP contribution is 2.31. The largest absolute Gasteiger partial charge is 0.339 e. The zero-order chi connectivity index (χ0) is 22.2. The Balaban J connectivity index is 1.45. The molecule has 2 aromatic heterocycles. The van der Waals surface area contributed by atoms with Gasteiger partial charge in [-0.1, -0.05) is 30.3 Å². The number of aryl methyl sites for hydroxylation is 2. The number of rotatable bonds is 4. The summed E-state index contributed by atoms with van der Waals surface area (Å²) < 4.78 is 1.65. The summed E-state index contributed by atoms with van der Waals surface area (Å²) in [5, 5.41) is 2.69. The van der Waals surface area contributed by atoms with Gasteiger partial charge >= 0.3 is 0 Å². The summed E-state index contributed by atoms with van der Waals surface area (Å²) >= 11 is 1.50. The van der Waals surface area contributed by atoms with Crippen LogP contribution < -0.4 is 5.56 Å². The normalized spacial score (nSPS) is 13.8. The average Bonchev–Trinajstić information content (AvgIpc) is 3.48. The quantitative estimate of drug-likeness (QED) is 0.445. The fourth-order valence-corrected chi connectivity index (χ4v) is 5.16. The van der Waals surface area contributed by atoms with E-state index in [-0.39, 0.29) is 11.5 Å². The van der Waals surface area contributed by atoms with Crippen molar-refractivity contribution in [2.24, 2.45) is 0 Å². The van der Waals surface area contributed by atoms with Crippen LogP contribution >= 0.6 is 11.3 Å². The molecule has 2 aromatic carbocycles. The van der Waals surface area contributed by atoms with Gasteiger partial charge in [-0.15, -0.1) is 11.3 Å². The lowest BCUT2D eigenvalue weighted by Gasteiger charge is -2.15. The predicted molar refractivity (Wildman–Crippen MR) is 129 cm³/mol. The number of amides is 1. The number of carbonyl (C=O) groups excluding carboxylic acids is 1. The molecule has 5 nitrogen and oxygen atoms in total. The number of aromatic nitrogens is 2. The van der Waals surface area contributed by atoms with Gasteiger partial charge in [-0.05, 0) is 61.1 Å². The highest BCUT2D eigenvalue weighted by molar-refractivity contribution is 7.17. The third-order valence-electron chi connectivity index (χ3n) is 6.33. The van der Waals surface area contributed by atoms with Crippen molar-refractivity contribution < 1.29 is 4.79 Å². The molecule has 1 aliphatic rings. The highest BCUT2D eigenvalue weighted by atomic mass is 32.1. The van der Waals surface area contributed by atoms with Crippen molar-refractivity contribution in [3.05, 3.63) is 86.8 Å². The lowest BCUT2D eigenvalue weighted by Crippen LogP contribution is -2.27. The average molecular weight is 444 g/mol. The number of nitrogens with zero attached hydrogens (tertiary/aromatic N) is 3. The monoisotopic (exact) mass is 443 g/mol. The molecule has 1 amide bonds. The van der Waals surface area contributed by atoms with E-state index in [1.165, 1.54) is 22.5 Å². The molecule has 0 saturated carbocycles. The maximum atomic E-state index is 13.4. The maximum Gasteiger partial charge on any atom is 0.263 e. The van der Waals surface area contributed by atoms with Crippen LogP contribution in [-0.2, 0) is 6.54 Å². The topological polar surface area (TPSA) is 55.2 Å². The van der Waals surface area contributed by atoms with Crippen molar-refractivity contribution >= 4 is 27.5 Å². The molecule has 32 heavy (non-hydrogen) atoms. The molecular weight excluding hydrogens is 418 g/mol. The minimum absolute atomic E-state index is 0.0401. The zero-order valence-electron chi connectivity index (χ0n) is 18.3. The molecule has 162 valence electrons. The molecule has 0 N–H and O–H groups in total. The number of benzene rings is 2. The summed E-state index contributed by atoms with van der Waals surface area (Å²) in [6, 6.07) is 13.9. The van der Waals surface area contributed by atoms with Gasteiger partial charge in [0.25, 0.3) is 11.5 Å². The van der Waals surface area contributed by atoms with Gasteiger partial charge in [0.1, 0.15) is 4.83 Å². The molecule has 0 spiro atoms. The van der Waals surface area contributed by atoms with Gasteiger partial charge < -0.3 is 4.90 Å². The van der Waals surface area contributed by atoms with Gasteiger partial charge in [-0.3, -0.25) is 14.2 Å². The van der Waals surface area contributed by atoms with Gasteiger partial charge in [0.05, 0.1) is 18.3 Å². The van der Waals surface area contributed by atoms with Crippen molar-refractivity contribution in [1.29, 1.82) is 0 Å². The summed E-state index contributed by atoms with van der Waals surface area (Å²) in [6.45, 7) is 6.27. The maximum absolute atomic E-state index is 13.4. The molecule has 1 saturated heterocycles. The third kappa shape index (κ3) is 3.75. The summed E-state index contributed by atoms with van der Waals surface area (Å²) in [4.78, 5) is 33.1. The van der Waals surface area contributed by atoms with Crippen LogP contribution in [0.5, 0.6) is 0 Å². The molecule has 3 heterocycles. The molecular formula is C26H25N3O2S. The standard InChI is InChI=1S/C26H25N3O2S/c1-17-5-8-21(13-18(17)2)22-15-32-24-23(22)26(31)29(16-27-24)14-19-6-9-20(10-7-19)25(30)28-11-3-4-12-28/h5-10,13,15-16H,3-4,11-12,14H2,1-2H3. The van der Waals surface area contributed by atoms with Gasteiger partial charge in [0.2, 0.25) is 0 Å².